The number of rotatable bonds is 4. The van der Waals surface area contributed by atoms with Gasteiger partial charge in [0, 0.05) is 38.0 Å². The maximum atomic E-state index is 12.3. The maximum absolute atomic E-state index is 12.3. The van der Waals surface area contributed by atoms with E-state index < -0.39 is 0 Å². The normalized spacial score (nSPS) is 10.3. The zero-order valence-electron chi connectivity index (χ0n) is 13.7. The van der Waals surface area contributed by atoms with Crippen molar-refractivity contribution in [1.29, 1.82) is 0 Å². The van der Waals surface area contributed by atoms with Gasteiger partial charge in [0.05, 0.1) is 11.1 Å². The second kappa shape index (κ2) is 7.33. The zero-order valence-corrected chi connectivity index (χ0v) is 14.6. The smallest absolute Gasteiger partial charge is 0.254 e. The van der Waals surface area contributed by atoms with Crippen molar-refractivity contribution >= 4 is 23.6 Å². The van der Waals surface area contributed by atoms with Crippen LogP contribution >= 0.6 is 11.8 Å². The van der Waals surface area contributed by atoms with E-state index in [0.717, 1.165) is 9.79 Å². The summed E-state index contributed by atoms with van der Waals surface area (Å²) in [6, 6.07) is 14.9. The Kier molecular flexibility index (Phi) is 5.45. The Bertz CT molecular complexity index is 665. The van der Waals surface area contributed by atoms with Gasteiger partial charge in [-0.1, -0.05) is 36.0 Å². The van der Waals surface area contributed by atoms with E-state index in [1.54, 1.807) is 50.1 Å². The van der Waals surface area contributed by atoms with Crippen LogP contribution in [0.4, 0.5) is 0 Å². The highest BCUT2D eigenvalue weighted by Crippen LogP contribution is 2.33. The van der Waals surface area contributed by atoms with E-state index in [1.807, 2.05) is 36.4 Å². The summed E-state index contributed by atoms with van der Waals surface area (Å²) in [5.41, 5.74) is 1.27. The number of hydrogen-bond acceptors (Lipinski definition) is 3. The second-order valence-electron chi connectivity index (χ2n) is 5.49. The average Bonchev–Trinajstić information content (AvgIpc) is 2.54. The van der Waals surface area contributed by atoms with E-state index in [2.05, 4.69) is 0 Å². The molecular formula is C18H20N2O2S. The van der Waals surface area contributed by atoms with Crippen molar-refractivity contribution in [3.8, 4) is 0 Å². The number of benzene rings is 2. The van der Waals surface area contributed by atoms with Crippen LogP contribution in [-0.2, 0) is 0 Å². The van der Waals surface area contributed by atoms with E-state index in [9.17, 15) is 9.59 Å². The van der Waals surface area contributed by atoms with Crippen molar-refractivity contribution < 1.29 is 9.59 Å². The Hall–Kier alpha value is -2.27. The van der Waals surface area contributed by atoms with Gasteiger partial charge in [0.2, 0.25) is 0 Å². The van der Waals surface area contributed by atoms with E-state index >= 15 is 0 Å². The molecule has 2 aromatic rings. The summed E-state index contributed by atoms with van der Waals surface area (Å²) in [6.45, 7) is 0. The van der Waals surface area contributed by atoms with Crippen molar-refractivity contribution in [3.63, 3.8) is 0 Å². The lowest BCUT2D eigenvalue weighted by Gasteiger charge is -2.16. The number of carbonyl (C=O) groups is 2. The third kappa shape index (κ3) is 3.93. The molecule has 0 aromatic heterocycles. The number of amides is 2. The van der Waals surface area contributed by atoms with Gasteiger partial charge in [-0.15, -0.1) is 0 Å². The summed E-state index contributed by atoms with van der Waals surface area (Å²) in [4.78, 5) is 29.4. The molecule has 2 aromatic carbocycles. The Morgan fingerprint density at radius 3 is 1.39 bits per heavy atom. The highest BCUT2D eigenvalue weighted by atomic mass is 32.2. The first-order chi connectivity index (χ1) is 10.9. The standard InChI is InChI=1S/C18H20N2O2S/c1-19(2)17(21)13-9-5-7-11-15(13)23-16-12-8-6-10-14(16)18(22)20(3)4/h5-12H,1-4H3. The molecule has 0 spiro atoms. The van der Waals surface area contributed by atoms with Gasteiger partial charge in [0.1, 0.15) is 0 Å². The molecule has 0 N–H and O–H groups in total. The molecular weight excluding hydrogens is 308 g/mol. The molecule has 23 heavy (non-hydrogen) atoms. The highest BCUT2D eigenvalue weighted by Gasteiger charge is 2.17. The van der Waals surface area contributed by atoms with Gasteiger partial charge in [0.25, 0.3) is 11.8 Å². The van der Waals surface area contributed by atoms with Crippen molar-refractivity contribution in [3.05, 3.63) is 59.7 Å². The zero-order chi connectivity index (χ0) is 17.0. The molecule has 5 heteroatoms. The quantitative estimate of drug-likeness (QED) is 0.865. The van der Waals surface area contributed by atoms with Crippen LogP contribution in [0.25, 0.3) is 0 Å². The molecule has 0 atom stereocenters. The summed E-state index contributed by atoms with van der Waals surface area (Å²) in [5.74, 6) is -0.103. The predicted octanol–water partition coefficient (Wildman–Crippen LogP) is 3.24. The van der Waals surface area contributed by atoms with Crippen LogP contribution in [0.15, 0.2) is 58.3 Å². The summed E-state index contributed by atoms with van der Waals surface area (Å²) in [5, 5.41) is 0. The molecule has 0 radical (unpaired) electrons. The van der Waals surface area contributed by atoms with Gasteiger partial charge in [-0.05, 0) is 24.3 Å². The molecule has 0 saturated carbocycles. The van der Waals surface area contributed by atoms with Gasteiger partial charge in [-0.25, -0.2) is 0 Å². The monoisotopic (exact) mass is 328 g/mol. The van der Waals surface area contributed by atoms with Gasteiger partial charge in [-0.2, -0.15) is 0 Å². The molecule has 4 nitrogen and oxygen atoms in total. The van der Waals surface area contributed by atoms with E-state index in [1.165, 1.54) is 11.8 Å². The van der Waals surface area contributed by atoms with Crippen LogP contribution in [-0.4, -0.2) is 49.8 Å². The fraction of sp³-hybridized carbons (Fsp3) is 0.222. The van der Waals surface area contributed by atoms with Crippen molar-refractivity contribution in [2.45, 2.75) is 9.79 Å². The van der Waals surface area contributed by atoms with Crippen LogP contribution in [0.1, 0.15) is 20.7 Å². The summed E-state index contributed by atoms with van der Waals surface area (Å²) in [6.07, 6.45) is 0. The molecule has 120 valence electrons. The van der Waals surface area contributed by atoms with Crippen molar-refractivity contribution in [2.24, 2.45) is 0 Å². The fourth-order valence-electron chi connectivity index (χ4n) is 2.06. The van der Waals surface area contributed by atoms with Gasteiger partial charge in [-0.3, -0.25) is 9.59 Å². The minimum atomic E-state index is -0.0514. The minimum Gasteiger partial charge on any atom is -0.345 e. The Morgan fingerprint density at radius 1 is 0.696 bits per heavy atom. The molecule has 0 bridgehead atoms. The summed E-state index contributed by atoms with van der Waals surface area (Å²) in [7, 11) is 6.92. The van der Waals surface area contributed by atoms with Gasteiger partial charge < -0.3 is 9.80 Å². The van der Waals surface area contributed by atoms with E-state index in [0.29, 0.717) is 11.1 Å². The van der Waals surface area contributed by atoms with E-state index in [-0.39, 0.29) is 11.8 Å². The fourth-order valence-corrected chi connectivity index (χ4v) is 3.13. The number of nitrogens with zero attached hydrogens (tertiary/aromatic N) is 2. The van der Waals surface area contributed by atoms with Crippen LogP contribution in [0.3, 0.4) is 0 Å². The molecule has 0 saturated heterocycles. The topological polar surface area (TPSA) is 40.6 Å². The molecule has 2 amide bonds. The average molecular weight is 328 g/mol. The Labute approximate surface area is 141 Å². The first-order valence-electron chi connectivity index (χ1n) is 7.21. The summed E-state index contributed by atoms with van der Waals surface area (Å²) < 4.78 is 0. The maximum Gasteiger partial charge on any atom is 0.254 e. The number of hydrogen-bond donors (Lipinski definition) is 0. The second-order valence-corrected chi connectivity index (χ2v) is 6.58. The van der Waals surface area contributed by atoms with Crippen LogP contribution in [0, 0.1) is 0 Å². The molecule has 0 heterocycles. The largest absolute Gasteiger partial charge is 0.345 e. The lowest BCUT2D eigenvalue weighted by molar-refractivity contribution is 0.0818. The highest BCUT2D eigenvalue weighted by molar-refractivity contribution is 7.99. The Balaban J connectivity index is 2.42. The lowest BCUT2D eigenvalue weighted by atomic mass is 10.2. The minimum absolute atomic E-state index is 0.0514. The molecule has 0 aliphatic rings. The van der Waals surface area contributed by atoms with Gasteiger partial charge >= 0.3 is 0 Å². The van der Waals surface area contributed by atoms with Crippen LogP contribution in [0.2, 0.25) is 0 Å². The third-order valence-corrected chi connectivity index (χ3v) is 4.42. The van der Waals surface area contributed by atoms with Crippen molar-refractivity contribution in [1.82, 2.24) is 9.80 Å². The first-order valence-corrected chi connectivity index (χ1v) is 8.02. The first kappa shape index (κ1) is 17.1. The third-order valence-electron chi connectivity index (χ3n) is 3.27. The number of carbonyl (C=O) groups excluding carboxylic acids is 2. The van der Waals surface area contributed by atoms with E-state index in [4.69, 9.17) is 0 Å². The Morgan fingerprint density at radius 2 is 1.04 bits per heavy atom. The van der Waals surface area contributed by atoms with Crippen molar-refractivity contribution in [2.75, 3.05) is 28.2 Å². The molecule has 2 rings (SSSR count). The predicted molar refractivity (Wildman–Crippen MR) is 93.0 cm³/mol. The van der Waals surface area contributed by atoms with Crippen LogP contribution < -0.4 is 0 Å². The van der Waals surface area contributed by atoms with Crippen LogP contribution in [0.5, 0.6) is 0 Å². The molecule has 0 aliphatic heterocycles. The molecule has 0 fully saturated rings. The lowest BCUT2D eigenvalue weighted by Crippen LogP contribution is -2.23. The molecule has 0 unspecified atom stereocenters. The molecule has 0 aliphatic carbocycles. The SMILES string of the molecule is CN(C)C(=O)c1ccccc1Sc1ccccc1C(=O)N(C)C. The van der Waals surface area contributed by atoms with Gasteiger partial charge in [0.15, 0.2) is 0 Å². The summed E-state index contributed by atoms with van der Waals surface area (Å²) >= 11 is 1.44.